The Kier molecular flexibility index (Phi) is 8.07. The molecule has 2 heteroatoms. The van der Waals surface area contributed by atoms with E-state index >= 15 is 0 Å². The lowest BCUT2D eigenvalue weighted by Crippen LogP contribution is -2.51. The van der Waals surface area contributed by atoms with Gasteiger partial charge in [0, 0.05) is 13.2 Å². The molecule has 1 atom stereocenters. The molecule has 0 radical (unpaired) electrons. The van der Waals surface area contributed by atoms with Crippen LogP contribution >= 0.6 is 0 Å². The van der Waals surface area contributed by atoms with Gasteiger partial charge in [-0.05, 0) is 25.8 Å². The predicted molar refractivity (Wildman–Crippen MR) is 67.3 cm³/mol. The molecule has 0 spiro atoms. The van der Waals surface area contributed by atoms with E-state index in [2.05, 4.69) is 33.0 Å². The van der Waals surface area contributed by atoms with Crippen LogP contribution in [-0.2, 0) is 4.74 Å². The number of methoxy groups -OCH3 is 1. The van der Waals surface area contributed by atoms with Gasteiger partial charge in [0.15, 0.2) is 0 Å². The molecule has 92 valence electrons. The zero-order chi connectivity index (χ0) is 11.7. The van der Waals surface area contributed by atoms with E-state index in [1.807, 2.05) is 7.11 Å². The van der Waals surface area contributed by atoms with Crippen molar-refractivity contribution < 1.29 is 4.74 Å². The summed E-state index contributed by atoms with van der Waals surface area (Å²) >= 11 is 0. The van der Waals surface area contributed by atoms with Gasteiger partial charge in [-0.2, -0.15) is 0 Å². The van der Waals surface area contributed by atoms with Crippen molar-refractivity contribution in [2.24, 2.45) is 0 Å². The summed E-state index contributed by atoms with van der Waals surface area (Å²) in [6.07, 6.45) is 5.93. The molecule has 2 nitrogen and oxygen atoms in total. The van der Waals surface area contributed by atoms with E-state index in [4.69, 9.17) is 4.74 Å². The first-order valence-electron chi connectivity index (χ1n) is 6.49. The highest BCUT2D eigenvalue weighted by molar-refractivity contribution is 4.90. The number of unbranched alkanes of at least 4 members (excludes halogenated alkanes) is 1. The van der Waals surface area contributed by atoms with Crippen LogP contribution in [0.25, 0.3) is 0 Å². The van der Waals surface area contributed by atoms with Crippen LogP contribution in [0.1, 0.15) is 59.8 Å². The van der Waals surface area contributed by atoms with Crippen LogP contribution in [-0.4, -0.2) is 25.3 Å². The molecule has 0 rings (SSSR count). The molecule has 1 N–H and O–H groups in total. The Morgan fingerprint density at radius 3 is 2.07 bits per heavy atom. The Bertz CT molecular complexity index is 135. The summed E-state index contributed by atoms with van der Waals surface area (Å²) in [5, 5.41) is 3.59. The van der Waals surface area contributed by atoms with Crippen LogP contribution in [0.5, 0.6) is 0 Å². The fraction of sp³-hybridized carbons (Fsp3) is 1.00. The van der Waals surface area contributed by atoms with Gasteiger partial charge < -0.3 is 10.1 Å². The summed E-state index contributed by atoms with van der Waals surface area (Å²) in [6, 6.07) is 0.502. The molecule has 0 aliphatic rings. The maximum atomic E-state index is 5.79. The Labute approximate surface area is 95.8 Å². The Morgan fingerprint density at radius 2 is 1.73 bits per heavy atom. The first-order valence-corrected chi connectivity index (χ1v) is 6.49. The fourth-order valence-corrected chi connectivity index (χ4v) is 2.38. The lowest BCUT2D eigenvalue weighted by Gasteiger charge is -2.39. The molecule has 0 aliphatic carbocycles. The van der Waals surface area contributed by atoms with Crippen molar-refractivity contribution in [3.05, 3.63) is 0 Å². The molecule has 0 saturated heterocycles. The molecule has 0 amide bonds. The third-order valence-electron chi connectivity index (χ3n) is 3.54. The fourth-order valence-electron chi connectivity index (χ4n) is 2.38. The van der Waals surface area contributed by atoms with Gasteiger partial charge in [0.2, 0.25) is 0 Å². The molecule has 15 heavy (non-hydrogen) atoms. The van der Waals surface area contributed by atoms with Gasteiger partial charge in [0.05, 0.1) is 5.60 Å². The summed E-state index contributed by atoms with van der Waals surface area (Å²) in [4.78, 5) is 0. The lowest BCUT2D eigenvalue weighted by atomic mass is 9.85. The van der Waals surface area contributed by atoms with Crippen LogP contribution in [0, 0.1) is 0 Å². The largest absolute Gasteiger partial charge is 0.377 e. The molecule has 0 aromatic carbocycles. The van der Waals surface area contributed by atoms with Crippen molar-refractivity contribution in [1.29, 1.82) is 0 Å². The van der Waals surface area contributed by atoms with E-state index in [-0.39, 0.29) is 5.60 Å². The average Bonchev–Trinajstić information content (AvgIpc) is 2.28. The highest BCUT2D eigenvalue weighted by atomic mass is 16.5. The minimum Gasteiger partial charge on any atom is -0.377 e. The predicted octanol–water partition coefficient (Wildman–Crippen LogP) is 3.36. The second-order valence-electron chi connectivity index (χ2n) is 4.23. The maximum Gasteiger partial charge on any atom is 0.0825 e. The van der Waals surface area contributed by atoms with Gasteiger partial charge in [-0.1, -0.05) is 40.5 Å². The number of hydrogen-bond acceptors (Lipinski definition) is 2. The van der Waals surface area contributed by atoms with Crippen molar-refractivity contribution in [3.63, 3.8) is 0 Å². The van der Waals surface area contributed by atoms with Crippen molar-refractivity contribution in [2.45, 2.75) is 71.4 Å². The number of likely N-dealkylation sites (N-methyl/N-ethyl adjacent to an activating group) is 1. The lowest BCUT2D eigenvalue weighted by molar-refractivity contribution is -0.0494. The third-order valence-corrected chi connectivity index (χ3v) is 3.54. The summed E-state index contributed by atoms with van der Waals surface area (Å²) in [6.45, 7) is 9.89. The van der Waals surface area contributed by atoms with E-state index in [0.717, 1.165) is 19.4 Å². The highest BCUT2D eigenvalue weighted by Crippen LogP contribution is 2.27. The van der Waals surface area contributed by atoms with Crippen molar-refractivity contribution in [1.82, 2.24) is 5.32 Å². The van der Waals surface area contributed by atoms with Crippen LogP contribution in [0.3, 0.4) is 0 Å². The van der Waals surface area contributed by atoms with Gasteiger partial charge >= 0.3 is 0 Å². The van der Waals surface area contributed by atoms with E-state index < -0.39 is 0 Å². The van der Waals surface area contributed by atoms with Crippen molar-refractivity contribution in [3.8, 4) is 0 Å². The van der Waals surface area contributed by atoms with E-state index in [0.29, 0.717) is 6.04 Å². The number of ether oxygens (including phenoxy) is 1. The van der Waals surface area contributed by atoms with Crippen LogP contribution in [0.4, 0.5) is 0 Å². The van der Waals surface area contributed by atoms with Gasteiger partial charge in [-0.3, -0.25) is 0 Å². The molecule has 0 aromatic heterocycles. The molecule has 0 bridgehead atoms. The summed E-state index contributed by atoms with van der Waals surface area (Å²) in [7, 11) is 1.85. The first-order chi connectivity index (χ1) is 7.20. The van der Waals surface area contributed by atoms with Gasteiger partial charge in [-0.15, -0.1) is 0 Å². The molecule has 0 aromatic rings. The maximum absolute atomic E-state index is 5.79. The van der Waals surface area contributed by atoms with Crippen LogP contribution in [0.15, 0.2) is 0 Å². The topological polar surface area (TPSA) is 21.3 Å². The average molecular weight is 215 g/mol. The van der Waals surface area contributed by atoms with E-state index in [9.17, 15) is 0 Å². The van der Waals surface area contributed by atoms with E-state index in [1.165, 1.54) is 19.3 Å². The molecule has 0 aliphatic heterocycles. The Hall–Kier alpha value is -0.0800. The Balaban J connectivity index is 4.50. The van der Waals surface area contributed by atoms with Crippen molar-refractivity contribution >= 4 is 0 Å². The smallest absolute Gasteiger partial charge is 0.0825 e. The zero-order valence-electron chi connectivity index (χ0n) is 11.2. The van der Waals surface area contributed by atoms with Crippen LogP contribution in [0.2, 0.25) is 0 Å². The van der Waals surface area contributed by atoms with Crippen LogP contribution < -0.4 is 5.32 Å². The first kappa shape index (κ1) is 14.9. The van der Waals surface area contributed by atoms with Crippen molar-refractivity contribution in [2.75, 3.05) is 13.7 Å². The molecule has 1 unspecified atom stereocenters. The quantitative estimate of drug-likeness (QED) is 0.637. The molecule has 0 heterocycles. The van der Waals surface area contributed by atoms with Gasteiger partial charge in [0.25, 0.3) is 0 Å². The monoisotopic (exact) mass is 215 g/mol. The molecular weight excluding hydrogens is 186 g/mol. The SMILES string of the molecule is CCCCC(NCC)C(CC)(CC)OC. The molecular formula is C13H29NO. The minimum absolute atomic E-state index is 0.0329. The zero-order valence-corrected chi connectivity index (χ0v) is 11.2. The third kappa shape index (κ3) is 4.12. The minimum atomic E-state index is 0.0329. The standard InChI is InChI=1S/C13H29NO/c1-6-10-11-12(14-9-4)13(7-2,8-3)15-5/h12,14H,6-11H2,1-5H3. The number of hydrogen-bond donors (Lipinski definition) is 1. The number of rotatable bonds is 9. The molecule has 0 fully saturated rings. The Morgan fingerprint density at radius 1 is 1.13 bits per heavy atom. The van der Waals surface area contributed by atoms with E-state index in [1.54, 1.807) is 0 Å². The summed E-state index contributed by atoms with van der Waals surface area (Å²) < 4.78 is 5.79. The van der Waals surface area contributed by atoms with Gasteiger partial charge in [0.1, 0.15) is 0 Å². The van der Waals surface area contributed by atoms with Gasteiger partial charge in [-0.25, -0.2) is 0 Å². The summed E-state index contributed by atoms with van der Waals surface area (Å²) in [5.74, 6) is 0. The number of nitrogens with one attached hydrogen (secondary N) is 1. The molecule has 0 saturated carbocycles. The normalized spacial score (nSPS) is 14.2. The second kappa shape index (κ2) is 8.12. The summed E-state index contributed by atoms with van der Waals surface area (Å²) in [5.41, 5.74) is 0.0329. The highest BCUT2D eigenvalue weighted by Gasteiger charge is 2.34. The second-order valence-corrected chi connectivity index (χ2v) is 4.23.